The number of ether oxygens (including phenoxy) is 1. The number of allylic oxidation sites excluding steroid dienone is 1. The molecule has 116 valence electrons. The molecule has 0 bridgehead atoms. The molecule has 0 aromatic heterocycles. The predicted octanol–water partition coefficient (Wildman–Crippen LogP) is 5.88. The van der Waals surface area contributed by atoms with Gasteiger partial charge in [0.1, 0.15) is 12.4 Å². The van der Waals surface area contributed by atoms with Gasteiger partial charge in [-0.3, -0.25) is 0 Å². The van der Waals surface area contributed by atoms with Crippen LogP contribution in [-0.4, -0.2) is 6.61 Å². The van der Waals surface area contributed by atoms with Gasteiger partial charge in [0.2, 0.25) is 0 Å². The number of benzene rings is 2. The highest BCUT2D eigenvalue weighted by Gasteiger charge is 2.25. The van der Waals surface area contributed by atoms with E-state index >= 15 is 0 Å². The van der Waals surface area contributed by atoms with Gasteiger partial charge < -0.3 is 4.74 Å². The van der Waals surface area contributed by atoms with Crippen LogP contribution in [0.5, 0.6) is 5.75 Å². The first-order valence-electron chi connectivity index (χ1n) is 8.10. The van der Waals surface area contributed by atoms with Gasteiger partial charge in [-0.05, 0) is 111 Å². The molecule has 1 aliphatic rings. The van der Waals surface area contributed by atoms with E-state index < -0.39 is 0 Å². The van der Waals surface area contributed by atoms with Crippen LogP contribution in [0.3, 0.4) is 0 Å². The van der Waals surface area contributed by atoms with E-state index in [1.807, 2.05) is 0 Å². The molecule has 1 nitrogen and oxygen atoms in total. The highest BCUT2D eigenvalue weighted by molar-refractivity contribution is 6.04. The first-order chi connectivity index (χ1) is 10.3. The van der Waals surface area contributed by atoms with Crippen molar-refractivity contribution >= 4 is 16.3 Å². The first-order valence-corrected chi connectivity index (χ1v) is 8.10. The molecule has 1 aliphatic heterocycles. The van der Waals surface area contributed by atoms with Crippen LogP contribution < -0.4 is 4.74 Å². The van der Waals surface area contributed by atoms with Gasteiger partial charge in [0.15, 0.2) is 0 Å². The van der Waals surface area contributed by atoms with Crippen molar-refractivity contribution in [3.8, 4) is 5.75 Å². The van der Waals surface area contributed by atoms with Crippen LogP contribution in [0.15, 0.2) is 5.57 Å². The average molecular weight is 294 g/mol. The molecule has 0 fully saturated rings. The monoisotopic (exact) mass is 294 g/mol. The van der Waals surface area contributed by atoms with Crippen molar-refractivity contribution in [2.24, 2.45) is 0 Å². The Balaban J connectivity index is 2.68. The summed E-state index contributed by atoms with van der Waals surface area (Å²) in [5.41, 5.74) is 12.4. The third-order valence-corrected chi connectivity index (χ3v) is 5.89. The Bertz CT molecular complexity index is 851. The quantitative estimate of drug-likeness (QED) is 0.590. The molecule has 0 radical (unpaired) electrons. The van der Waals surface area contributed by atoms with Crippen LogP contribution in [0.1, 0.15) is 52.8 Å². The van der Waals surface area contributed by atoms with Gasteiger partial charge >= 0.3 is 0 Å². The minimum Gasteiger partial charge on any atom is -0.488 e. The van der Waals surface area contributed by atoms with Crippen LogP contribution in [0.2, 0.25) is 0 Å². The summed E-state index contributed by atoms with van der Waals surface area (Å²) in [6.07, 6.45) is 0. The zero-order valence-corrected chi connectivity index (χ0v) is 15.1. The topological polar surface area (TPSA) is 9.23 Å². The molecule has 1 heterocycles. The first kappa shape index (κ1) is 15.1. The van der Waals surface area contributed by atoms with Crippen LogP contribution in [0, 0.1) is 41.5 Å². The number of rotatable bonds is 0. The van der Waals surface area contributed by atoms with E-state index in [4.69, 9.17) is 4.74 Å². The van der Waals surface area contributed by atoms with Crippen molar-refractivity contribution in [1.29, 1.82) is 0 Å². The Labute approximate surface area is 134 Å². The summed E-state index contributed by atoms with van der Waals surface area (Å²) >= 11 is 0. The van der Waals surface area contributed by atoms with Crippen molar-refractivity contribution in [2.45, 2.75) is 55.4 Å². The second-order valence-electron chi connectivity index (χ2n) is 6.90. The van der Waals surface area contributed by atoms with Gasteiger partial charge in [0.05, 0.1) is 0 Å². The van der Waals surface area contributed by atoms with E-state index in [0.717, 1.165) is 5.75 Å². The summed E-state index contributed by atoms with van der Waals surface area (Å²) in [5, 5.41) is 2.82. The van der Waals surface area contributed by atoms with E-state index in [1.165, 1.54) is 60.9 Å². The Kier molecular flexibility index (Phi) is 3.36. The second-order valence-corrected chi connectivity index (χ2v) is 6.90. The third kappa shape index (κ3) is 1.78. The zero-order chi connectivity index (χ0) is 16.3. The second kappa shape index (κ2) is 4.87. The lowest BCUT2D eigenvalue weighted by Crippen LogP contribution is -2.12. The third-order valence-electron chi connectivity index (χ3n) is 5.89. The van der Waals surface area contributed by atoms with E-state index in [9.17, 15) is 0 Å². The maximum absolute atomic E-state index is 6.13. The van der Waals surface area contributed by atoms with Crippen LogP contribution in [0.4, 0.5) is 0 Å². The van der Waals surface area contributed by atoms with E-state index in [1.54, 1.807) is 0 Å². The molecule has 0 saturated heterocycles. The van der Waals surface area contributed by atoms with Gasteiger partial charge in [0, 0.05) is 5.56 Å². The van der Waals surface area contributed by atoms with Crippen LogP contribution in [-0.2, 0) is 0 Å². The van der Waals surface area contributed by atoms with Gasteiger partial charge in [-0.1, -0.05) is 0 Å². The lowest BCUT2D eigenvalue weighted by atomic mass is 9.82. The molecule has 22 heavy (non-hydrogen) atoms. The van der Waals surface area contributed by atoms with Crippen molar-refractivity contribution < 1.29 is 4.74 Å². The van der Waals surface area contributed by atoms with Gasteiger partial charge in [0.25, 0.3) is 0 Å². The number of hydrogen-bond acceptors (Lipinski definition) is 1. The maximum atomic E-state index is 6.13. The van der Waals surface area contributed by atoms with Crippen molar-refractivity contribution in [3.05, 3.63) is 44.5 Å². The fourth-order valence-corrected chi connectivity index (χ4v) is 3.79. The zero-order valence-electron chi connectivity index (χ0n) is 15.1. The van der Waals surface area contributed by atoms with Crippen molar-refractivity contribution in [3.63, 3.8) is 0 Å². The van der Waals surface area contributed by atoms with E-state index in [0.29, 0.717) is 6.61 Å². The smallest absolute Gasteiger partial charge is 0.131 e. The Morgan fingerprint density at radius 1 is 0.591 bits per heavy atom. The molecule has 0 unspecified atom stereocenters. The number of fused-ring (bicyclic) bond motifs is 3. The molecule has 0 N–H and O–H groups in total. The fraction of sp³-hybridized carbons (Fsp3) is 0.429. The highest BCUT2D eigenvalue weighted by Crippen LogP contribution is 2.46. The maximum Gasteiger partial charge on any atom is 0.131 e. The largest absolute Gasteiger partial charge is 0.488 e. The molecule has 0 atom stereocenters. The molecule has 0 spiro atoms. The van der Waals surface area contributed by atoms with Gasteiger partial charge in [-0.2, -0.15) is 0 Å². The average Bonchev–Trinajstić information content (AvgIpc) is 2.49. The Hall–Kier alpha value is -1.76. The van der Waals surface area contributed by atoms with Crippen molar-refractivity contribution in [2.75, 3.05) is 6.61 Å². The molecular weight excluding hydrogens is 268 g/mol. The summed E-state index contributed by atoms with van der Waals surface area (Å²) in [7, 11) is 0. The molecule has 0 aliphatic carbocycles. The molecule has 2 aromatic rings. The molecule has 1 heteroatoms. The summed E-state index contributed by atoms with van der Waals surface area (Å²) < 4.78 is 6.13. The highest BCUT2D eigenvalue weighted by atomic mass is 16.5. The lowest BCUT2D eigenvalue weighted by molar-refractivity contribution is 0.344. The SMILES string of the molecule is CC1=C(C)c2c(c(C)c(C)c3c(C)c(C)c(C)c(C)c23)OC1. The van der Waals surface area contributed by atoms with E-state index in [-0.39, 0.29) is 0 Å². The molecule has 0 amide bonds. The Morgan fingerprint density at radius 2 is 1.09 bits per heavy atom. The molecular formula is C21H26O. The van der Waals surface area contributed by atoms with Crippen LogP contribution >= 0.6 is 0 Å². The lowest BCUT2D eigenvalue weighted by Gasteiger charge is -2.28. The number of aryl methyl sites for hydroxylation is 3. The molecule has 3 rings (SSSR count). The predicted molar refractivity (Wildman–Crippen MR) is 96.1 cm³/mol. The van der Waals surface area contributed by atoms with E-state index in [2.05, 4.69) is 55.4 Å². The molecule has 0 saturated carbocycles. The van der Waals surface area contributed by atoms with Crippen molar-refractivity contribution in [1.82, 2.24) is 0 Å². The molecule has 2 aromatic carbocycles. The fourth-order valence-electron chi connectivity index (χ4n) is 3.79. The minimum absolute atomic E-state index is 0.716. The normalized spacial score (nSPS) is 14.4. The number of hydrogen-bond donors (Lipinski definition) is 0. The Morgan fingerprint density at radius 3 is 1.68 bits per heavy atom. The summed E-state index contributed by atoms with van der Waals surface area (Å²) in [6, 6.07) is 0. The summed E-state index contributed by atoms with van der Waals surface area (Å²) in [4.78, 5) is 0. The van der Waals surface area contributed by atoms with Gasteiger partial charge in [-0.15, -0.1) is 0 Å². The van der Waals surface area contributed by atoms with Crippen LogP contribution in [0.25, 0.3) is 16.3 Å². The van der Waals surface area contributed by atoms with Gasteiger partial charge in [-0.25, -0.2) is 0 Å². The standard InChI is InChI=1S/C21H26O/c1-10-9-22-21-17(8)16(7)18-14(5)12(3)13(4)15(6)19(18)20(21)11(10)2/h9H2,1-8H3. The summed E-state index contributed by atoms with van der Waals surface area (Å²) in [6.45, 7) is 18.6. The minimum atomic E-state index is 0.716. The summed E-state index contributed by atoms with van der Waals surface area (Å²) in [5.74, 6) is 1.10.